The number of amides is 1. The molecule has 6 nitrogen and oxygen atoms in total. The van der Waals surface area contributed by atoms with Gasteiger partial charge in [0.25, 0.3) is 5.91 Å². The van der Waals surface area contributed by atoms with Gasteiger partial charge in [0.05, 0.1) is 19.8 Å². The summed E-state index contributed by atoms with van der Waals surface area (Å²) >= 11 is 0. The van der Waals surface area contributed by atoms with Crippen molar-refractivity contribution < 1.29 is 14.3 Å². The van der Waals surface area contributed by atoms with Crippen LogP contribution in [-0.2, 0) is 20.8 Å². The molecule has 2 fully saturated rings. The lowest BCUT2D eigenvalue weighted by Gasteiger charge is -2.42. The topological polar surface area (TPSA) is 57.8 Å². The Hall–Kier alpha value is -1.89. The van der Waals surface area contributed by atoms with E-state index in [-0.39, 0.29) is 5.91 Å². The summed E-state index contributed by atoms with van der Waals surface area (Å²) in [7, 11) is 0. The second kappa shape index (κ2) is 6.78. The van der Waals surface area contributed by atoms with Crippen LogP contribution in [0.2, 0.25) is 0 Å². The first-order valence-corrected chi connectivity index (χ1v) is 8.93. The number of morpholine rings is 2. The van der Waals surface area contributed by atoms with Crippen LogP contribution in [-0.4, -0.2) is 72.3 Å². The molecule has 25 heavy (non-hydrogen) atoms. The van der Waals surface area contributed by atoms with Gasteiger partial charge in [0, 0.05) is 44.4 Å². The summed E-state index contributed by atoms with van der Waals surface area (Å²) in [6, 6.07) is 8.56. The summed E-state index contributed by atoms with van der Waals surface area (Å²) in [6.45, 7) is 7.32. The Morgan fingerprint density at radius 3 is 2.88 bits per heavy atom. The third kappa shape index (κ3) is 3.42. The van der Waals surface area contributed by atoms with Crippen LogP contribution in [0.4, 0.5) is 0 Å². The Morgan fingerprint density at radius 2 is 2.04 bits per heavy atom. The zero-order valence-electron chi connectivity index (χ0n) is 14.7. The fourth-order valence-electron chi connectivity index (χ4n) is 3.77. The van der Waals surface area contributed by atoms with Crippen LogP contribution in [0.1, 0.15) is 12.5 Å². The maximum Gasteiger partial charge on any atom is 0.256 e. The molecular formula is C19H25N3O3. The highest BCUT2D eigenvalue weighted by Crippen LogP contribution is 2.23. The van der Waals surface area contributed by atoms with Crippen LogP contribution in [0.3, 0.4) is 0 Å². The summed E-state index contributed by atoms with van der Waals surface area (Å²) in [6.07, 6.45) is 1.96. The standard InChI is InChI=1S/C19H25N3O3/c1-19(18(23)22-7-9-24-10-8-22)14-21(6-11-25-19)13-15-2-3-16-4-5-20-17(16)12-15/h2-5,12,20H,6-11,13-14H2,1H3. The number of rotatable bonds is 3. The molecule has 2 saturated heterocycles. The van der Waals surface area contributed by atoms with E-state index in [9.17, 15) is 4.79 Å². The number of ether oxygens (including phenoxy) is 2. The van der Waals surface area contributed by atoms with Gasteiger partial charge in [-0.15, -0.1) is 0 Å². The van der Waals surface area contributed by atoms with Crippen molar-refractivity contribution >= 4 is 16.8 Å². The van der Waals surface area contributed by atoms with Gasteiger partial charge in [-0.25, -0.2) is 0 Å². The number of aromatic nitrogens is 1. The fraction of sp³-hybridized carbons (Fsp3) is 0.526. The van der Waals surface area contributed by atoms with E-state index >= 15 is 0 Å². The van der Waals surface area contributed by atoms with Gasteiger partial charge in [0.2, 0.25) is 0 Å². The first kappa shape index (κ1) is 16.6. The van der Waals surface area contributed by atoms with Crippen LogP contribution in [0.25, 0.3) is 10.9 Å². The Bertz CT molecular complexity index is 753. The third-order valence-electron chi connectivity index (χ3n) is 5.13. The lowest BCUT2D eigenvalue weighted by atomic mass is 10.0. The highest BCUT2D eigenvalue weighted by Gasteiger charge is 2.42. The number of fused-ring (bicyclic) bond motifs is 1. The van der Waals surface area contributed by atoms with E-state index in [1.54, 1.807) is 0 Å². The average molecular weight is 343 g/mol. The second-order valence-electron chi connectivity index (χ2n) is 7.09. The van der Waals surface area contributed by atoms with Crippen molar-refractivity contribution in [2.45, 2.75) is 19.1 Å². The molecule has 1 amide bonds. The minimum atomic E-state index is -0.772. The molecule has 1 N–H and O–H groups in total. The number of hydrogen-bond acceptors (Lipinski definition) is 4. The van der Waals surface area contributed by atoms with E-state index in [1.165, 1.54) is 10.9 Å². The molecule has 2 aromatic rings. The van der Waals surface area contributed by atoms with Gasteiger partial charge in [-0.1, -0.05) is 12.1 Å². The summed E-state index contributed by atoms with van der Waals surface area (Å²) < 4.78 is 11.3. The van der Waals surface area contributed by atoms with Gasteiger partial charge in [0.1, 0.15) is 0 Å². The summed E-state index contributed by atoms with van der Waals surface area (Å²) in [4.78, 5) is 20.4. The smallest absolute Gasteiger partial charge is 0.256 e. The predicted octanol–water partition coefficient (Wildman–Crippen LogP) is 1.62. The van der Waals surface area contributed by atoms with Crippen LogP contribution in [0.5, 0.6) is 0 Å². The van der Waals surface area contributed by atoms with Crippen molar-refractivity contribution in [2.24, 2.45) is 0 Å². The highest BCUT2D eigenvalue weighted by atomic mass is 16.5. The second-order valence-corrected chi connectivity index (χ2v) is 7.09. The van der Waals surface area contributed by atoms with Gasteiger partial charge in [-0.2, -0.15) is 0 Å². The molecule has 4 rings (SSSR count). The zero-order chi connectivity index (χ0) is 17.3. The SMILES string of the molecule is CC1(C(=O)N2CCOCC2)CN(Cc2ccc3cc[nH]c3c2)CCO1. The molecule has 0 aliphatic carbocycles. The zero-order valence-corrected chi connectivity index (χ0v) is 14.7. The van der Waals surface area contributed by atoms with E-state index < -0.39 is 5.60 Å². The minimum Gasteiger partial charge on any atom is -0.378 e. The Morgan fingerprint density at radius 1 is 1.20 bits per heavy atom. The lowest BCUT2D eigenvalue weighted by Crippen LogP contribution is -2.60. The quantitative estimate of drug-likeness (QED) is 0.920. The van der Waals surface area contributed by atoms with Crippen molar-refractivity contribution in [1.82, 2.24) is 14.8 Å². The molecule has 2 aliphatic heterocycles. The van der Waals surface area contributed by atoms with E-state index in [1.807, 2.05) is 18.0 Å². The molecule has 134 valence electrons. The molecule has 0 radical (unpaired) electrons. The van der Waals surface area contributed by atoms with E-state index in [0.29, 0.717) is 39.5 Å². The Kier molecular flexibility index (Phi) is 4.50. The number of H-pyrrole nitrogens is 1. The number of nitrogens with one attached hydrogen (secondary N) is 1. The Labute approximate surface area is 147 Å². The average Bonchev–Trinajstić information content (AvgIpc) is 3.10. The first-order valence-electron chi connectivity index (χ1n) is 8.93. The molecule has 1 aromatic carbocycles. The van der Waals surface area contributed by atoms with E-state index in [2.05, 4.69) is 34.1 Å². The summed E-state index contributed by atoms with van der Waals surface area (Å²) in [5, 5.41) is 1.22. The predicted molar refractivity (Wildman–Crippen MR) is 95.3 cm³/mol. The van der Waals surface area contributed by atoms with Gasteiger partial charge in [-0.3, -0.25) is 9.69 Å². The number of benzene rings is 1. The van der Waals surface area contributed by atoms with Gasteiger partial charge < -0.3 is 19.4 Å². The fourth-order valence-corrected chi connectivity index (χ4v) is 3.77. The summed E-state index contributed by atoms with van der Waals surface area (Å²) in [5.41, 5.74) is 1.63. The summed E-state index contributed by atoms with van der Waals surface area (Å²) in [5.74, 6) is 0.0836. The molecule has 0 bridgehead atoms. The van der Waals surface area contributed by atoms with Crippen molar-refractivity contribution in [2.75, 3.05) is 46.0 Å². The number of hydrogen-bond donors (Lipinski definition) is 1. The molecular weight excluding hydrogens is 318 g/mol. The Balaban J connectivity index is 1.45. The van der Waals surface area contributed by atoms with Crippen LogP contribution in [0.15, 0.2) is 30.5 Å². The van der Waals surface area contributed by atoms with Gasteiger partial charge in [-0.05, 0) is 30.0 Å². The van der Waals surface area contributed by atoms with Crippen molar-refractivity contribution in [3.63, 3.8) is 0 Å². The van der Waals surface area contributed by atoms with Crippen LogP contribution >= 0.6 is 0 Å². The molecule has 1 unspecified atom stereocenters. The largest absolute Gasteiger partial charge is 0.378 e. The highest BCUT2D eigenvalue weighted by molar-refractivity contribution is 5.85. The number of aromatic amines is 1. The lowest BCUT2D eigenvalue weighted by molar-refractivity contribution is -0.171. The first-order chi connectivity index (χ1) is 12.1. The van der Waals surface area contributed by atoms with Gasteiger partial charge >= 0.3 is 0 Å². The molecule has 1 atom stereocenters. The third-order valence-corrected chi connectivity index (χ3v) is 5.13. The number of nitrogens with zero attached hydrogens (tertiary/aromatic N) is 2. The maximum absolute atomic E-state index is 12.9. The van der Waals surface area contributed by atoms with Crippen molar-refractivity contribution in [3.8, 4) is 0 Å². The van der Waals surface area contributed by atoms with Crippen LogP contribution < -0.4 is 0 Å². The molecule has 1 aromatic heterocycles. The molecule has 0 spiro atoms. The van der Waals surface area contributed by atoms with Gasteiger partial charge in [0.15, 0.2) is 5.60 Å². The normalized spacial score (nSPS) is 25.4. The molecule has 3 heterocycles. The maximum atomic E-state index is 12.9. The van der Waals surface area contributed by atoms with Crippen molar-refractivity contribution in [3.05, 3.63) is 36.0 Å². The number of carbonyl (C=O) groups excluding carboxylic acids is 1. The van der Waals surface area contributed by atoms with Crippen molar-refractivity contribution in [1.29, 1.82) is 0 Å². The molecule has 0 saturated carbocycles. The molecule has 6 heteroatoms. The molecule has 2 aliphatic rings. The monoisotopic (exact) mass is 343 g/mol. The number of carbonyl (C=O) groups is 1. The van der Waals surface area contributed by atoms with E-state index in [4.69, 9.17) is 9.47 Å². The van der Waals surface area contributed by atoms with Crippen LogP contribution in [0, 0.1) is 0 Å². The van der Waals surface area contributed by atoms with E-state index in [0.717, 1.165) is 18.6 Å². The minimum absolute atomic E-state index is 0.0836.